The molecule has 1 aliphatic carbocycles. The number of methoxy groups -OCH3 is 1. The second-order valence-electron chi connectivity index (χ2n) is 5.94. The zero-order chi connectivity index (χ0) is 18.7. The van der Waals surface area contributed by atoms with Gasteiger partial charge in [0.05, 0.1) is 12.7 Å². The van der Waals surface area contributed by atoms with Gasteiger partial charge in [0.2, 0.25) is 0 Å². The highest BCUT2D eigenvalue weighted by molar-refractivity contribution is 7.17. The van der Waals surface area contributed by atoms with Crippen LogP contribution in [0.1, 0.15) is 48.2 Å². The van der Waals surface area contributed by atoms with Crippen molar-refractivity contribution in [3.8, 4) is 0 Å². The van der Waals surface area contributed by atoms with Crippen molar-refractivity contribution in [2.24, 2.45) is 0 Å². The van der Waals surface area contributed by atoms with E-state index in [0.29, 0.717) is 15.4 Å². The summed E-state index contributed by atoms with van der Waals surface area (Å²) in [4.78, 5) is 38.8. The maximum Gasteiger partial charge on any atom is 0.348 e. The lowest BCUT2D eigenvalue weighted by Gasteiger charge is -2.11. The van der Waals surface area contributed by atoms with Crippen molar-refractivity contribution in [1.29, 1.82) is 0 Å². The maximum atomic E-state index is 12.2. The minimum Gasteiger partial charge on any atom is -0.465 e. The first-order valence-electron chi connectivity index (χ1n) is 8.26. The van der Waals surface area contributed by atoms with Crippen LogP contribution in [0, 0.1) is 6.92 Å². The molecule has 0 saturated heterocycles. The summed E-state index contributed by atoms with van der Waals surface area (Å²) in [6.07, 6.45) is 3.78. The third-order valence-electron chi connectivity index (χ3n) is 4.09. The summed E-state index contributed by atoms with van der Waals surface area (Å²) in [5.41, 5.74) is 1.40. The molecule has 2 aromatic rings. The fourth-order valence-electron chi connectivity index (χ4n) is 2.88. The number of amides is 1. The molecule has 2 heterocycles. The van der Waals surface area contributed by atoms with Gasteiger partial charge < -0.3 is 14.8 Å². The van der Waals surface area contributed by atoms with E-state index in [1.165, 1.54) is 29.8 Å². The summed E-state index contributed by atoms with van der Waals surface area (Å²) >= 11 is 2.71. The number of anilines is 1. The Morgan fingerprint density at radius 1 is 1.12 bits per heavy atom. The number of carbonyl (C=O) groups is 3. The van der Waals surface area contributed by atoms with Gasteiger partial charge in [-0.1, -0.05) is 0 Å². The molecule has 1 amide bonds. The smallest absolute Gasteiger partial charge is 0.348 e. The quantitative estimate of drug-likeness (QED) is 0.785. The van der Waals surface area contributed by atoms with Crippen LogP contribution in [-0.2, 0) is 27.1 Å². The Bertz CT molecular complexity index is 852. The van der Waals surface area contributed by atoms with E-state index in [4.69, 9.17) is 9.47 Å². The van der Waals surface area contributed by atoms with E-state index in [1.807, 2.05) is 13.0 Å². The highest BCUT2D eigenvalue weighted by Crippen LogP contribution is 2.38. The molecule has 0 saturated carbocycles. The first kappa shape index (κ1) is 18.6. The summed E-state index contributed by atoms with van der Waals surface area (Å²) in [5.74, 6) is -1.46. The van der Waals surface area contributed by atoms with Crippen molar-refractivity contribution >= 4 is 45.5 Å². The predicted molar refractivity (Wildman–Crippen MR) is 100 cm³/mol. The molecule has 0 radical (unpaired) electrons. The van der Waals surface area contributed by atoms with Gasteiger partial charge in [0, 0.05) is 9.75 Å². The zero-order valence-electron chi connectivity index (χ0n) is 14.5. The molecule has 0 aromatic carbocycles. The van der Waals surface area contributed by atoms with Crippen LogP contribution in [0.25, 0.3) is 0 Å². The van der Waals surface area contributed by atoms with E-state index in [9.17, 15) is 14.4 Å². The molecule has 1 aliphatic rings. The normalized spacial score (nSPS) is 13.0. The zero-order valence-corrected chi connectivity index (χ0v) is 16.2. The number of aryl methyl sites for hydroxylation is 2. The molecule has 0 fully saturated rings. The van der Waals surface area contributed by atoms with Crippen molar-refractivity contribution in [3.63, 3.8) is 0 Å². The fraction of sp³-hybridized carbons (Fsp3) is 0.389. The number of ether oxygens (including phenoxy) is 2. The van der Waals surface area contributed by atoms with E-state index in [0.717, 1.165) is 41.0 Å². The van der Waals surface area contributed by atoms with Gasteiger partial charge in [-0.15, -0.1) is 22.7 Å². The molecule has 1 N–H and O–H groups in total. The van der Waals surface area contributed by atoms with Gasteiger partial charge in [-0.05, 0) is 50.3 Å². The second kappa shape index (κ2) is 8.01. The number of fused-ring (bicyclic) bond motifs is 1. The molecule has 26 heavy (non-hydrogen) atoms. The van der Waals surface area contributed by atoms with E-state index >= 15 is 0 Å². The molecule has 0 aliphatic heterocycles. The number of hydrogen-bond donors (Lipinski definition) is 1. The van der Waals surface area contributed by atoms with Crippen molar-refractivity contribution in [1.82, 2.24) is 0 Å². The third-order valence-corrected chi connectivity index (χ3v) is 6.28. The summed E-state index contributed by atoms with van der Waals surface area (Å²) in [6.45, 7) is 1.49. The maximum absolute atomic E-state index is 12.2. The first-order chi connectivity index (χ1) is 12.5. The van der Waals surface area contributed by atoms with Crippen molar-refractivity contribution in [3.05, 3.63) is 37.9 Å². The highest BCUT2D eigenvalue weighted by atomic mass is 32.1. The summed E-state index contributed by atoms with van der Waals surface area (Å²) in [5, 5.41) is 3.17. The Kier molecular flexibility index (Phi) is 5.73. The molecule has 0 spiro atoms. The van der Waals surface area contributed by atoms with E-state index in [2.05, 4.69) is 5.32 Å². The van der Waals surface area contributed by atoms with Crippen LogP contribution < -0.4 is 5.32 Å². The molecular formula is C18H19NO5S2. The van der Waals surface area contributed by atoms with Crippen LogP contribution in [0.2, 0.25) is 0 Å². The second-order valence-corrected chi connectivity index (χ2v) is 8.33. The molecule has 2 aromatic heterocycles. The average molecular weight is 393 g/mol. The largest absolute Gasteiger partial charge is 0.465 e. The SMILES string of the molecule is COC(=O)c1c(NC(=O)COC(=O)c2ccc(C)s2)sc2c1CCCC2. The van der Waals surface area contributed by atoms with Crippen molar-refractivity contribution in [2.75, 3.05) is 19.0 Å². The number of thiophene rings is 2. The number of nitrogens with one attached hydrogen (secondary N) is 1. The molecule has 8 heteroatoms. The Labute approximate surface area is 159 Å². The van der Waals surface area contributed by atoms with Crippen LogP contribution in [0.4, 0.5) is 5.00 Å². The number of hydrogen-bond acceptors (Lipinski definition) is 7. The van der Waals surface area contributed by atoms with E-state index < -0.39 is 24.5 Å². The number of esters is 2. The van der Waals surface area contributed by atoms with Crippen LogP contribution in [0.5, 0.6) is 0 Å². The Morgan fingerprint density at radius 3 is 2.58 bits per heavy atom. The Hall–Kier alpha value is -2.19. The molecule has 0 bridgehead atoms. The average Bonchev–Trinajstić information content (AvgIpc) is 3.22. The fourth-order valence-corrected chi connectivity index (χ4v) is 4.94. The summed E-state index contributed by atoms with van der Waals surface area (Å²) < 4.78 is 9.93. The lowest BCUT2D eigenvalue weighted by molar-refractivity contribution is -0.119. The Balaban J connectivity index is 1.68. The minimum absolute atomic E-state index is 0.404. The van der Waals surface area contributed by atoms with E-state index in [1.54, 1.807) is 6.07 Å². The lowest BCUT2D eigenvalue weighted by Crippen LogP contribution is -2.21. The van der Waals surface area contributed by atoms with Gasteiger partial charge in [0.1, 0.15) is 9.88 Å². The molecule has 0 unspecified atom stereocenters. The highest BCUT2D eigenvalue weighted by Gasteiger charge is 2.27. The molecule has 3 rings (SSSR count). The van der Waals surface area contributed by atoms with Gasteiger partial charge in [0.15, 0.2) is 6.61 Å². The van der Waals surface area contributed by atoms with E-state index in [-0.39, 0.29) is 0 Å². The summed E-state index contributed by atoms with van der Waals surface area (Å²) in [7, 11) is 1.33. The van der Waals surface area contributed by atoms with Crippen LogP contribution in [-0.4, -0.2) is 31.6 Å². The van der Waals surface area contributed by atoms with Crippen molar-refractivity contribution < 1.29 is 23.9 Å². The third kappa shape index (κ3) is 3.96. The number of carbonyl (C=O) groups excluding carboxylic acids is 3. The monoisotopic (exact) mass is 393 g/mol. The molecule has 0 atom stereocenters. The van der Waals surface area contributed by atoms with Gasteiger partial charge in [0.25, 0.3) is 5.91 Å². The van der Waals surface area contributed by atoms with Crippen LogP contribution >= 0.6 is 22.7 Å². The molecular weight excluding hydrogens is 374 g/mol. The summed E-state index contributed by atoms with van der Waals surface area (Å²) in [6, 6.07) is 3.49. The van der Waals surface area contributed by atoms with Crippen LogP contribution in [0.3, 0.4) is 0 Å². The predicted octanol–water partition coefficient (Wildman–Crippen LogP) is 3.58. The number of rotatable bonds is 5. The first-order valence-corrected chi connectivity index (χ1v) is 9.89. The van der Waals surface area contributed by atoms with Gasteiger partial charge >= 0.3 is 11.9 Å². The van der Waals surface area contributed by atoms with Gasteiger partial charge in [-0.3, -0.25) is 4.79 Å². The Morgan fingerprint density at radius 2 is 1.88 bits per heavy atom. The van der Waals surface area contributed by atoms with Gasteiger partial charge in [-0.2, -0.15) is 0 Å². The lowest BCUT2D eigenvalue weighted by atomic mass is 9.95. The van der Waals surface area contributed by atoms with Crippen molar-refractivity contribution in [2.45, 2.75) is 32.6 Å². The molecule has 138 valence electrons. The molecule has 6 nitrogen and oxygen atoms in total. The minimum atomic E-state index is -0.531. The topological polar surface area (TPSA) is 81.7 Å². The van der Waals surface area contributed by atoms with Crippen LogP contribution in [0.15, 0.2) is 12.1 Å². The standard InChI is InChI=1S/C18H19NO5S2/c1-10-7-8-13(25-10)17(21)24-9-14(20)19-16-15(18(22)23-2)11-5-3-4-6-12(11)26-16/h7-8H,3-6,9H2,1-2H3,(H,19,20). The van der Waals surface area contributed by atoms with Gasteiger partial charge in [-0.25, -0.2) is 9.59 Å².